The second-order valence-electron chi connectivity index (χ2n) is 5.62. The molecule has 7 nitrogen and oxygen atoms in total. The third-order valence-corrected chi connectivity index (χ3v) is 5.16. The maximum Gasteiger partial charge on any atom is 0.225 e. The minimum absolute atomic E-state index is 0.170. The normalized spacial score (nSPS) is 18.7. The van der Waals surface area contributed by atoms with Crippen molar-refractivity contribution in [2.75, 3.05) is 18.0 Å². The summed E-state index contributed by atoms with van der Waals surface area (Å²) >= 11 is 1.76. The zero-order valence-corrected chi connectivity index (χ0v) is 13.3. The molecule has 0 radical (unpaired) electrons. The molecule has 118 valence electrons. The van der Waals surface area contributed by atoms with Crippen LogP contribution in [-0.4, -0.2) is 31.4 Å². The van der Waals surface area contributed by atoms with Gasteiger partial charge in [-0.15, -0.1) is 11.3 Å². The first-order valence-electron chi connectivity index (χ1n) is 7.54. The minimum atomic E-state index is 0.170. The first-order valence-corrected chi connectivity index (χ1v) is 8.36. The average Bonchev–Trinajstić information content (AvgIpc) is 3.11. The van der Waals surface area contributed by atoms with E-state index in [2.05, 4.69) is 32.0 Å². The van der Waals surface area contributed by atoms with Crippen LogP contribution in [-0.2, 0) is 6.54 Å². The molecule has 1 fully saturated rings. The molecule has 0 amide bonds. The van der Waals surface area contributed by atoms with Gasteiger partial charge in [-0.2, -0.15) is 15.0 Å². The van der Waals surface area contributed by atoms with Crippen LogP contribution in [0.3, 0.4) is 0 Å². The van der Waals surface area contributed by atoms with Crippen LogP contribution in [0.15, 0.2) is 24.3 Å². The molecule has 1 aliphatic rings. The molecule has 23 heavy (non-hydrogen) atoms. The summed E-state index contributed by atoms with van der Waals surface area (Å²) in [5, 5.41) is 1.15. The summed E-state index contributed by atoms with van der Waals surface area (Å²) < 4.78 is 1.23. The van der Waals surface area contributed by atoms with Crippen LogP contribution in [0.25, 0.3) is 10.2 Å². The number of hydrogen-bond donors (Lipinski definition) is 2. The van der Waals surface area contributed by atoms with Gasteiger partial charge in [-0.1, -0.05) is 12.1 Å². The van der Waals surface area contributed by atoms with E-state index in [-0.39, 0.29) is 11.9 Å². The Morgan fingerprint density at radius 1 is 1.09 bits per heavy atom. The van der Waals surface area contributed by atoms with Crippen molar-refractivity contribution >= 4 is 33.5 Å². The van der Waals surface area contributed by atoms with Gasteiger partial charge in [0, 0.05) is 0 Å². The Hall–Kier alpha value is -2.32. The molecule has 0 unspecified atom stereocenters. The molecule has 2 aromatic heterocycles. The number of hydrogen-bond acceptors (Lipinski definition) is 8. The molecule has 4 rings (SSSR count). The molecule has 3 heterocycles. The Morgan fingerprint density at radius 3 is 2.65 bits per heavy atom. The van der Waals surface area contributed by atoms with Gasteiger partial charge in [0.15, 0.2) is 0 Å². The quantitative estimate of drug-likeness (QED) is 0.757. The zero-order valence-electron chi connectivity index (χ0n) is 12.5. The molecule has 1 saturated heterocycles. The molecule has 1 atom stereocenters. The number of aromatic nitrogens is 4. The van der Waals surface area contributed by atoms with Gasteiger partial charge < -0.3 is 11.5 Å². The fraction of sp³-hybridized carbons (Fsp3) is 0.333. The predicted octanol–water partition coefficient (Wildman–Crippen LogP) is 1.98. The Balaban J connectivity index is 1.60. The number of nitrogens with two attached hydrogens (primary N) is 2. The van der Waals surface area contributed by atoms with Crippen LogP contribution < -0.4 is 11.5 Å². The molecular formula is C15H17N7S. The van der Waals surface area contributed by atoms with E-state index in [1.807, 2.05) is 12.1 Å². The largest absolute Gasteiger partial charge is 0.368 e. The lowest BCUT2D eigenvalue weighted by Gasteiger charge is -2.21. The highest BCUT2D eigenvalue weighted by Gasteiger charge is 2.29. The molecule has 0 aliphatic carbocycles. The van der Waals surface area contributed by atoms with Gasteiger partial charge >= 0.3 is 0 Å². The molecule has 8 heteroatoms. The van der Waals surface area contributed by atoms with E-state index in [9.17, 15) is 0 Å². The van der Waals surface area contributed by atoms with E-state index in [1.54, 1.807) is 11.3 Å². The van der Waals surface area contributed by atoms with E-state index < -0.39 is 0 Å². The highest BCUT2D eigenvalue weighted by atomic mass is 32.1. The van der Waals surface area contributed by atoms with Crippen molar-refractivity contribution in [3.63, 3.8) is 0 Å². The number of nitrogen functional groups attached to an aromatic ring is 2. The van der Waals surface area contributed by atoms with E-state index in [4.69, 9.17) is 16.5 Å². The van der Waals surface area contributed by atoms with E-state index in [1.165, 1.54) is 4.70 Å². The molecule has 4 N–H and O–H groups in total. The fourth-order valence-corrected chi connectivity index (χ4v) is 4.17. The Bertz CT molecular complexity index is 793. The first kappa shape index (κ1) is 14.3. The van der Waals surface area contributed by atoms with Crippen molar-refractivity contribution in [1.82, 2.24) is 24.8 Å². The van der Waals surface area contributed by atoms with E-state index in [0.29, 0.717) is 18.4 Å². The van der Waals surface area contributed by atoms with Crippen LogP contribution in [0.2, 0.25) is 0 Å². The number of rotatable bonds is 3. The molecule has 1 aliphatic heterocycles. The summed E-state index contributed by atoms with van der Waals surface area (Å²) in [6, 6.07) is 8.54. The Kier molecular flexibility index (Phi) is 3.55. The SMILES string of the molecule is Nc1nc(N)nc(CN2CCC[C@@H]2c2nc3ccccc3s2)n1. The van der Waals surface area contributed by atoms with Crippen molar-refractivity contribution in [3.8, 4) is 0 Å². The van der Waals surface area contributed by atoms with Crippen molar-refractivity contribution in [2.45, 2.75) is 25.4 Å². The Morgan fingerprint density at radius 2 is 1.87 bits per heavy atom. The van der Waals surface area contributed by atoms with Crippen molar-refractivity contribution in [3.05, 3.63) is 35.1 Å². The number of benzene rings is 1. The van der Waals surface area contributed by atoms with Gasteiger partial charge in [0.1, 0.15) is 10.8 Å². The second kappa shape index (κ2) is 5.71. The van der Waals surface area contributed by atoms with Crippen LogP contribution in [0, 0.1) is 0 Å². The summed E-state index contributed by atoms with van der Waals surface area (Å²) in [5.41, 5.74) is 12.4. The van der Waals surface area contributed by atoms with Crippen LogP contribution in [0.5, 0.6) is 0 Å². The minimum Gasteiger partial charge on any atom is -0.368 e. The standard InChI is InChI=1S/C15H17N7S/c16-14-19-12(20-15(17)21-14)8-22-7-3-5-10(22)13-18-9-4-1-2-6-11(9)23-13/h1-2,4,6,10H,3,5,7-8H2,(H4,16,17,19,20,21)/t10-/m1/s1. The average molecular weight is 327 g/mol. The lowest BCUT2D eigenvalue weighted by molar-refractivity contribution is 0.242. The highest BCUT2D eigenvalue weighted by Crippen LogP contribution is 2.36. The second-order valence-corrected chi connectivity index (χ2v) is 6.68. The van der Waals surface area contributed by atoms with Crippen molar-refractivity contribution in [2.24, 2.45) is 0 Å². The maximum absolute atomic E-state index is 5.66. The number of likely N-dealkylation sites (tertiary alicyclic amines) is 1. The smallest absolute Gasteiger partial charge is 0.225 e. The lowest BCUT2D eigenvalue weighted by Crippen LogP contribution is -2.24. The highest BCUT2D eigenvalue weighted by molar-refractivity contribution is 7.18. The van der Waals surface area contributed by atoms with Crippen LogP contribution >= 0.6 is 11.3 Å². The summed E-state index contributed by atoms with van der Waals surface area (Å²) in [4.78, 5) is 19.3. The maximum atomic E-state index is 5.66. The molecule has 3 aromatic rings. The number of para-hydroxylation sites is 1. The van der Waals surface area contributed by atoms with Crippen LogP contribution in [0.1, 0.15) is 29.7 Å². The fourth-order valence-electron chi connectivity index (χ4n) is 3.04. The van der Waals surface area contributed by atoms with Gasteiger partial charge in [0.05, 0.1) is 22.8 Å². The third-order valence-electron chi connectivity index (χ3n) is 4.02. The van der Waals surface area contributed by atoms with Crippen molar-refractivity contribution in [1.29, 1.82) is 0 Å². The van der Waals surface area contributed by atoms with Gasteiger partial charge in [-0.25, -0.2) is 4.98 Å². The molecule has 0 bridgehead atoms. The summed E-state index contributed by atoms with van der Waals surface area (Å²) in [7, 11) is 0. The number of fused-ring (bicyclic) bond motifs is 1. The van der Waals surface area contributed by atoms with E-state index in [0.717, 1.165) is 29.9 Å². The summed E-state index contributed by atoms with van der Waals surface area (Å²) in [6.07, 6.45) is 2.23. The van der Waals surface area contributed by atoms with Crippen molar-refractivity contribution < 1.29 is 0 Å². The molecule has 1 aromatic carbocycles. The zero-order chi connectivity index (χ0) is 15.8. The molecule has 0 spiro atoms. The monoisotopic (exact) mass is 327 g/mol. The first-order chi connectivity index (χ1) is 11.2. The van der Waals surface area contributed by atoms with Gasteiger partial charge in [0.2, 0.25) is 11.9 Å². The molecule has 0 saturated carbocycles. The predicted molar refractivity (Wildman–Crippen MR) is 90.7 cm³/mol. The number of anilines is 2. The molecular weight excluding hydrogens is 310 g/mol. The van der Waals surface area contributed by atoms with Gasteiger partial charge in [-0.3, -0.25) is 4.90 Å². The van der Waals surface area contributed by atoms with Gasteiger partial charge in [0.25, 0.3) is 0 Å². The lowest BCUT2D eigenvalue weighted by atomic mass is 10.2. The van der Waals surface area contributed by atoms with Crippen LogP contribution in [0.4, 0.5) is 11.9 Å². The van der Waals surface area contributed by atoms with E-state index >= 15 is 0 Å². The number of thiazole rings is 1. The Labute approximate surface area is 137 Å². The number of nitrogens with zero attached hydrogens (tertiary/aromatic N) is 5. The topological polar surface area (TPSA) is 107 Å². The summed E-state index contributed by atoms with van der Waals surface area (Å²) in [6.45, 7) is 1.60. The third kappa shape index (κ3) is 2.82. The van der Waals surface area contributed by atoms with Gasteiger partial charge in [-0.05, 0) is 31.5 Å². The summed E-state index contributed by atoms with van der Waals surface area (Å²) in [5.74, 6) is 0.953.